The molecule has 0 spiro atoms. The fourth-order valence-electron chi connectivity index (χ4n) is 3.03. The Hall–Kier alpha value is -2.60. The number of aromatic amines is 1. The van der Waals surface area contributed by atoms with E-state index in [2.05, 4.69) is 29.0 Å². The van der Waals surface area contributed by atoms with Gasteiger partial charge in [0.1, 0.15) is 10.8 Å². The number of amides is 1. The van der Waals surface area contributed by atoms with Crippen LogP contribution in [-0.4, -0.2) is 33.4 Å². The summed E-state index contributed by atoms with van der Waals surface area (Å²) >= 11 is 6.30. The van der Waals surface area contributed by atoms with Gasteiger partial charge in [0, 0.05) is 18.4 Å². The third-order valence-corrected chi connectivity index (χ3v) is 4.96. The molecular weight excluding hydrogens is 388 g/mol. The minimum atomic E-state index is -0.565. The quantitative estimate of drug-likeness (QED) is 0.550. The monoisotopic (exact) mass is 414 g/mol. The molecule has 3 aromatic rings. The second-order valence-corrected chi connectivity index (χ2v) is 8.63. The van der Waals surface area contributed by atoms with Gasteiger partial charge in [-0.1, -0.05) is 44.0 Å². The topological polar surface area (TPSA) is 71.1 Å². The minimum absolute atomic E-state index is 0.335. The van der Waals surface area contributed by atoms with Crippen LogP contribution in [0, 0.1) is 5.92 Å². The largest absolute Gasteiger partial charge is 0.443 e. The number of ether oxygens (including phenoxy) is 1. The molecule has 0 aliphatic heterocycles. The predicted octanol–water partition coefficient (Wildman–Crippen LogP) is 6.07. The Labute approximate surface area is 176 Å². The number of nitrogens with zero attached hydrogens (tertiary/aromatic N) is 3. The molecule has 6 nitrogen and oxygen atoms in total. The summed E-state index contributed by atoms with van der Waals surface area (Å²) in [5, 5.41) is 8.10. The van der Waals surface area contributed by atoms with Crippen LogP contribution in [-0.2, 0) is 4.74 Å². The Kier molecular flexibility index (Phi) is 6.13. The lowest BCUT2D eigenvalue weighted by Crippen LogP contribution is -2.39. The Balaban J connectivity index is 2.04. The van der Waals surface area contributed by atoms with E-state index in [9.17, 15) is 4.79 Å². The van der Waals surface area contributed by atoms with Crippen molar-refractivity contribution in [1.29, 1.82) is 0 Å². The summed E-state index contributed by atoms with van der Waals surface area (Å²) in [4.78, 5) is 18.9. The van der Waals surface area contributed by atoms with E-state index < -0.39 is 5.60 Å². The van der Waals surface area contributed by atoms with E-state index in [1.807, 2.05) is 51.1 Å². The van der Waals surface area contributed by atoms with Gasteiger partial charge in [-0.15, -0.1) is 0 Å². The van der Waals surface area contributed by atoms with Crippen molar-refractivity contribution in [1.82, 2.24) is 15.2 Å². The molecule has 7 heteroatoms. The van der Waals surface area contributed by atoms with Crippen molar-refractivity contribution < 1.29 is 9.53 Å². The van der Waals surface area contributed by atoms with E-state index in [1.54, 1.807) is 11.1 Å². The minimum Gasteiger partial charge on any atom is -0.443 e. The molecule has 3 rings (SSSR count). The fraction of sp³-hybridized carbons (Fsp3) is 0.409. The molecule has 2 aromatic heterocycles. The van der Waals surface area contributed by atoms with Crippen LogP contribution in [0.5, 0.6) is 0 Å². The van der Waals surface area contributed by atoms with Crippen molar-refractivity contribution in [3.05, 3.63) is 41.7 Å². The molecular formula is C22H27ClN4O2. The number of anilines is 1. The third kappa shape index (κ3) is 4.88. The third-order valence-electron chi connectivity index (χ3n) is 4.68. The molecule has 1 N–H and O–H groups in total. The number of aromatic nitrogens is 3. The van der Waals surface area contributed by atoms with Crippen molar-refractivity contribution in [2.45, 2.75) is 46.6 Å². The summed E-state index contributed by atoms with van der Waals surface area (Å²) in [5.74, 6) is 0.335. The van der Waals surface area contributed by atoms with E-state index in [1.165, 1.54) is 0 Å². The Morgan fingerprint density at radius 1 is 1.31 bits per heavy atom. The van der Waals surface area contributed by atoms with Crippen molar-refractivity contribution >= 4 is 34.4 Å². The lowest BCUT2D eigenvalue weighted by molar-refractivity contribution is 0.0575. The summed E-state index contributed by atoms with van der Waals surface area (Å²) in [5.41, 5.74) is 2.60. The van der Waals surface area contributed by atoms with Crippen molar-refractivity contribution in [2.24, 2.45) is 5.92 Å². The lowest BCUT2D eigenvalue weighted by Gasteiger charge is -2.29. The van der Waals surface area contributed by atoms with Gasteiger partial charge < -0.3 is 4.74 Å². The first-order chi connectivity index (χ1) is 13.7. The smallest absolute Gasteiger partial charge is 0.414 e. The van der Waals surface area contributed by atoms with Crippen molar-refractivity contribution in [2.75, 3.05) is 11.4 Å². The number of hydrogen-bond acceptors (Lipinski definition) is 4. The van der Waals surface area contributed by atoms with Gasteiger partial charge in [0.05, 0.1) is 5.39 Å². The maximum Gasteiger partial charge on any atom is 0.414 e. The fourth-order valence-corrected chi connectivity index (χ4v) is 3.26. The normalized spacial score (nSPS) is 12.8. The zero-order valence-electron chi connectivity index (χ0n) is 17.5. The van der Waals surface area contributed by atoms with Gasteiger partial charge in [0.25, 0.3) is 0 Å². The Bertz CT molecular complexity index is 1010. The molecule has 0 saturated heterocycles. The Morgan fingerprint density at radius 2 is 2.07 bits per heavy atom. The number of H-pyrrole nitrogens is 1. The van der Waals surface area contributed by atoms with Gasteiger partial charge >= 0.3 is 6.09 Å². The standard InChI is InChI=1S/C22H27ClN4O2/c1-6-14(2)13-27(21(28)29-22(3,4)5)16-9-7-8-15(12-16)17-10-11-24-20-18(17)19(23)25-26-20/h7-12,14H,6,13H2,1-5H3,(H,24,25,26). The molecule has 0 radical (unpaired) electrons. The van der Waals surface area contributed by atoms with Crippen LogP contribution in [0.1, 0.15) is 41.0 Å². The average Bonchev–Trinajstić information content (AvgIpc) is 3.05. The number of carbonyl (C=O) groups is 1. The predicted molar refractivity (Wildman–Crippen MR) is 117 cm³/mol. The molecule has 1 aromatic carbocycles. The summed E-state index contributed by atoms with van der Waals surface area (Å²) in [6.45, 7) is 10.4. The molecule has 0 fully saturated rings. The van der Waals surface area contributed by atoms with E-state index in [4.69, 9.17) is 16.3 Å². The van der Waals surface area contributed by atoms with Crippen LogP contribution >= 0.6 is 11.6 Å². The SMILES string of the molecule is CCC(C)CN(C(=O)OC(C)(C)C)c1cccc(-c2ccnc3n[nH]c(Cl)c23)c1. The number of nitrogens with one attached hydrogen (secondary N) is 1. The Morgan fingerprint density at radius 3 is 2.76 bits per heavy atom. The summed E-state index contributed by atoms with van der Waals surface area (Å²) in [6, 6.07) is 9.71. The van der Waals surface area contributed by atoms with E-state index >= 15 is 0 Å². The van der Waals surface area contributed by atoms with Gasteiger partial charge in [-0.2, -0.15) is 5.10 Å². The molecule has 29 heavy (non-hydrogen) atoms. The van der Waals surface area contributed by atoms with E-state index in [-0.39, 0.29) is 6.09 Å². The van der Waals surface area contributed by atoms with Crippen molar-refractivity contribution in [3.8, 4) is 11.1 Å². The number of hydrogen-bond donors (Lipinski definition) is 1. The van der Waals surface area contributed by atoms with Crippen LogP contribution in [0.15, 0.2) is 36.5 Å². The highest BCUT2D eigenvalue weighted by Gasteiger charge is 2.25. The molecule has 1 amide bonds. The number of fused-ring (bicyclic) bond motifs is 1. The van der Waals surface area contributed by atoms with E-state index in [0.29, 0.717) is 23.3 Å². The highest BCUT2D eigenvalue weighted by Crippen LogP contribution is 2.33. The first kappa shape index (κ1) is 21.1. The van der Waals surface area contributed by atoms with Crippen LogP contribution in [0.25, 0.3) is 22.2 Å². The molecule has 0 saturated carbocycles. The first-order valence-corrected chi connectivity index (χ1v) is 10.2. The molecule has 154 valence electrons. The van der Waals surface area contributed by atoms with Gasteiger partial charge in [-0.25, -0.2) is 9.78 Å². The van der Waals surface area contributed by atoms with Crippen LogP contribution < -0.4 is 4.90 Å². The molecule has 1 unspecified atom stereocenters. The number of benzene rings is 1. The van der Waals surface area contributed by atoms with Crippen LogP contribution in [0.2, 0.25) is 5.15 Å². The summed E-state index contributed by atoms with van der Waals surface area (Å²) < 4.78 is 5.66. The summed E-state index contributed by atoms with van der Waals surface area (Å²) in [7, 11) is 0. The van der Waals surface area contributed by atoms with Gasteiger partial charge in [0.2, 0.25) is 0 Å². The number of halogens is 1. The molecule has 0 aliphatic carbocycles. The first-order valence-electron chi connectivity index (χ1n) is 9.79. The number of carbonyl (C=O) groups excluding carboxylic acids is 1. The van der Waals surface area contributed by atoms with Gasteiger partial charge in [-0.3, -0.25) is 10.00 Å². The van der Waals surface area contributed by atoms with Crippen molar-refractivity contribution in [3.63, 3.8) is 0 Å². The number of rotatable bonds is 5. The van der Waals surface area contributed by atoms with Crippen LogP contribution in [0.3, 0.4) is 0 Å². The highest BCUT2D eigenvalue weighted by molar-refractivity contribution is 6.35. The highest BCUT2D eigenvalue weighted by atomic mass is 35.5. The zero-order valence-corrected chi connectivity index (χ0v) is 18.2. The maximum absolute atomic E-state index is 12.9. The van der Waals surface area contributed by atoms with Crippen LogP contribution in [0.4, 0.5) is 10.5 Å². The second kappa shape index (κ2) is 8.41. The van der Waals surface area contributed by atoms with Gasteiger partial charge in [0.15, 0.2) is 5.65 Å². The number of pyridine rings is 1. The molecule has 0 aliphatic rings. The maximum atomic E-state index is 12.9. The molecule has 0 bridgehead atoms. The second-order valence-electron chi connectivity index (χ2n) is 8.25. The lowest BCUT2D eigenvalue weighted by atomic mass is 10.0. The average molecular weight is 415 g/mol. The van der Waals surface area contributed by atoms with E-state index in [0.717, 1.165) is 28.6 Å². The molecule has 1 atom stereocenters. The molecule has 2 heterocycles. The summed E-state index contributed by atoms with van der Waals surface area (Å²) in [6.07, 6.45) is 2.32. The van der Waals surface area contributed by atoms with Gasteiger partial charge in [-0.05, 0) is 56.0 Å². The zero-order chi connectivity index (χ0) is 21.2.